The van der Waals surface area contributed by atoms with Crippen molar-refractivity contribution in [3.8, 4) is 0 Å². The van der Waals surface area contributed by atoms with E-state index in [-0.39, 0.29) is 19.0 Å². The molecule has 0 atom stereocenters. The van der Waals surface area contributed by atoms with Crippen molar-refractivity contribution in [2.75, 3.05) is 0 Å². The van der Waals surface area contributed by atoms with Gasteiger partial charge in [0.2, 0.25) is 0 Å². The van der Waals surface area contributed by atoms with Crippen molar-refractivity contribution in [2.24, 2.45) is 10.8 Å². The van der Waals surface area contributed by atoms with Crippen LogP contribution in [0.4, 0.5) is 0 Å². The molecule has 1 saturated heterocycles. The summed E-state index contributed by atoms with van der Waals surface area (Å²) in [6, 6.07) is 21.4. The molecular formula is C21H22OS3. The summed E-state index contributed by atoms with van der Waals surface area (Å²) in [7, 11) is 3.82. The minimum absolute atomic E-state index is 0.132. The standard InChI is InChI=1S/C21H22OS3/c1-18(2)17(22)19(3,4)21(18)23-20(24-25-21,15-11-7-5-8-12-15)16-13-9-6-10-14-16/h5-14H,1-4H3. The van der Waals surface area contributed by atoms with E-state index in [4.69, 9.17) is 0 Å². The Kier molecular flexibility index (Phi) is 3.92. The first kappa shape index (κ1) is 17.6. The molecule has 1 aliphatic carbocycles. The fourth-order valence-electron chi connectivity index (χ4n) is 4.31. The third kappa shape index (κ3) is 2.11. The molecule has 1 saturated carbocycles. The van der Waals surface area contributed by atoms with Gasteiger partial charge in [-0.3, -0.25) is 4.79 Å². The maximum absolute atomic E-state index is 12.8. The van der Waals surface area contributed by atoms with E-state index in [1.165, 1.54) is 11.1 Å². The van der Waals surface area contributed by atoms with E-state index in [9.17, 15) is 4.79 Å². The molecule has 0 N–H and O–H groups in total. The summed E-state index contributed by atoms with van der Waals surface area (Å²) in [6.07, 6.45) is 0. The van der Waals surface area contributed by atoms with Crippen molar-refractivity contribution in [2.45, 2.75) is 35.9 Å². The van der Waals surface area contributed by atoms with E-state index in [0.717, 1.165) is 0 Å². The smallest absolute Gasteiger partial charge is 0.148 e. The normalized spacial score (nSPS) is 24.9. The summed E-state index contributed by atoms with van der Waals surface area (Å²) in [5.74, 6) is 0.373. The Labute approximate surface area is 162 Å². The van der Waals surface area contributed by atoms with Gasteiger partial charge < -0.3 is 0 Å². The topological polar surface area (TPSA) is 17.1 Å². The second kappa shape index (κ2) is 5.58. The molecule has 4 heteroatoms. The van der Waals surface area contributed by atoms with E-state index < -0.39 is 0 Å². The van der Waals surface area contributed by atoms with Crippen molar-refractivity contribution in [1.82, 2.24) is 0 Å². The number of Topliss-reactive ketones (excluding diaryl/α,β-unsaturated/α-hetero) is 1. The molecule has 0 radical (unpaired) electrons. The number of carbonyl (C=O) groups is 1. The highest BCUT2D eigenvalue weighted by atomic mass is 33.1. The van der Waals surface area contributed by atoms with Gasteiger partial charge in [0.1, 0.15) is 9.86 Å². The van der Waals surface area contributed by atoms with Gasteiger partial charge in [-0.2, -0.15) is 0 Å². The predicted octanol–water partition coefficient (Wildman–Crippen LogP) is 6.35. The third-order valence-corrected chi connectivity index (χ3v) is 13.1. The van der Waals surface area contributed by atoms with Gasteiger partial charge in [0.15, 0.2) is 0 Å². The summed E-state index contributed by atoms with van der Waals surface area (Å²) in [6.45, 7) is 8.47. The third-order valence-electron chi connectivity index (χ3n) is 5.65. The second-order valence-corrected chi connectivity index (χ2v) is 12.3. The lowest BCUT2D eigenvalue weighted by Crippen LogP contribution is -2.70. The van der Waals surface area contributed by atoms with Crippen LogP contribution >= 0.6 is 33.3 Å². The van der Waals surface area contributed by atoms with E-state index in [2.05, 4.69) is 88.4 Å². The molecular weight excluding hydrogens is 364 g/mol. The Morgan fingerprint density at radius 2 is 1.12 bits per heavy atom. The highest BCUT2D eigenvalue weighted by Crippen LogP contribution is 2.84. The van der Waals surface area contributed by atoms with Crippen LogP contribution in [-0.2, 0) is 8.87 Å². The number of thioether (sulfide) groups is 1. The van der Waals surface area contributed by atoms with Crippen LogP contribution in [-0.4, -0.2) is 9.86 Å². The van der Waals surface area contributed by atoms with Crippen LogP contribution in [0.15, 0.2) is 60.7 Å². The molecule has 2 aromatic rings. The fraction of sp³-hybridized carbons (Fsp3) is 0.381. The summed E-state index contributed by atoms with van der Waals surface area (Å²) in [5.41, 5.74) is 1.94. The Morgan fingerprint density at radius 3 is 1.56 bits per heavy atom. The van der Waals surface area contributed by atoms with Gasteiger partial charge in [0, 0.05) is 10.8 Å². The van der Waals surface area contributed by atoms with E-state index in [1.807, 2.05) is 33.3 Å². The molecule has 2 fully saturated rings. The van der Waals surface area contributed by atoms with Gasteiger partial charge in [0.05, 0.1) is 4.08 Å². The van der Waals surface area contributed by atoms with Gasteiger partial charge in [-0.15, -0.1) is 11.8 Å². The highest BCUT2D eigenvalue weighted by Gasteiger charge is 2.77. The van der Waals surface area contributed by atoms with Crippen molar-refractivity contribution in [3.05, 3.63) is 71.8 Å². The van der Waals surface area contributed by atoms with Crippen molar-refractivity contribution < 1.29 is 4.79 Å². The first-order valence-electron chi connectivity index (χ1n) is 8.51. The molecule has 0 bridgehead atoms. The molecule has 0 amide bonds. The average molecular weight is 387 g/mol. The van der Waals surface area contributed by atoms with Crippen LogP contribution in [0.1, 0.15) is 38.8 Å². The monoisotopic (exact) mass is 386 g/mol. The number of hydrogen-bond donors (Lipinski definition) is 0. The maximum atomic E-state index is 12.8. The Bertz CT molecular complexity index is 754. The number of carbonyl (C=O) groups excluding carboxylic acids is 1. The molecule has 1 spiro atoms. The van der Waals surface area contributed by atoms with E-state index in [1.54, 1.807) is 0 Å². The van der Waals surface area contributed by atoms with Crippen molar-refractivity contribution >= 4 is 39.1 Å². The maximum Gasteiger partial charge on any atom is 0.148 e. The van der Waals surface area contributed by atoms with Gasteiger partial charge in [0.25, 0.3) is 0 Å². The average Bonchev–Trinajstić information content (AvgIpc) is 3.07. The van der Waals surface area contributed by atoms with Crippen molar-refractivity contribution in [1.29, 1.82) is 0 Å². The molecule has 1 heterocycles. The zero-order valence-electron chi connectivity index (χ0n) is 14.9. The molecule has 4 rings (SSSR count). The number of rotatable bonds is 2. The zero-order chi connectivity index (χ0) is 17.9. The predicted molar refractivity (Wildman–Crippen MR) is 112 cm³/mol. The van der Waals surface area contributed by atoms with Gasteiger partial charge in [-0.05, 0) is 11.1 Å². The Morgan fingerprint density at radius 1 is 0.680 bits per heavy atom. The number of benzene rings is 2. The van der Waals surface area contributed by atoms with Crippen LogP contribution < -0.4 is 0 Å². The lowest BCUT2D eigenvalue weighted by Gasteiger charge is -2.62. The van der Waals surface area contributed by atoms with Crippen LogP contribution in [0.5, 0.6) is 0 Å². The molecule has 0 unspecified atom stereocenters. The minimum Gasteiger partial charge on any atom is -0.298 e. The van der Waals surface area contributed by atoms with Gasteiger partial charge in [-0.1, -0.05) is 110 Å². The minimum atomic E-state index is -0.329. The van der Waals surface area contributed by atoms with Crippen LogP contribution in [0.3, 0.4) is 0 Å². The summed E-state index contributed by atoms with van der Waals surface area (Å²) >= 11 is 1.98. The first-order valence-corrected chi connectivity index (χ1v) is 11.5. The molecule has 2 aliphatic rings. The quantitative estimate of drug-likeness (QED) is 0.559. The molecule has 0 aromatic heterocycles. The van der Waals surface area contributed by atoms with Gasteiger partial charge in [-0.25, -0.2) is 0 Å². The summed E-state index contributed by atoms with van der Waals surface area (Å²) < 4.78 is -0.324. The number of ketones is 1. The lowest BCUT2D eigenvalue weighted by molar-refractivity contribution is -0.152. The Balaban J connectivity index is 1.88. The van der Waals surface area contributed by atoms with Crippen LogP contribution in [0.2, 0.25) is 0 Å². The molecule has 2 aromatic carbocycles. The zero-order valence-corrected chi connectivity index (χ0v) is 17.4. The highest BCUT2D eigenvalue weighted by molar-refractivity contribution is 8.83. The van der Waals surface area contributed by atoms with Gasteiger partial charge >= 0.3 is 0 Å². The SMILES string of the molecule is CC1(C)C(=O)C(C)(C)C12SSC(c1ccccc1)(c1ccccc1)S2. The molecule has 1 nitrogen and oxygen atoms in total. The van der Waals surface area contributed by atoms with E-state index in [0.29, 0.717) is 5.78 Å². The lowest BCUT2D eigenvalue weighted by atomic mass is 9.53. The fourth-order valence-corrected chi connectivity index (χ4v) is 12.2. The van der Waals surface area contributed by atoms with Crippen LogP contribution in [0.25, 0.3) is 0 Å². The van der Waals surface area contributed by atoms with Crippen molar-refractivity contribution in [3.63, 3.8) is 0 Å². The van der Waals surface area contributed by atoms with Crippen LogP contribution in [0, 0.1) is 10.8 Å². The molecule has 1 aliphatic heterocycles. The second-order valence-electron chi connectivity index (χ2n) is 7.81. The molecule has 25 heavy (non-hydrogen) atoms. The Hall–Kier alpha value is -0.840. The molecule has 130 valence electrons. The largest absolute Gasteiger partial charge is 0.298 e. The van der Waals surface area contributed by atoms with E-state index >= 15 is 0 Å². The number of hydrogen-bond acceptors (Lipinski definition) is 4. The first-order chi connectivity index (χ1) is 11.8. The summed E-state index contributed by atoms with van der Waals surface area (Å²) in [4.78, 5) is 12.8. The summed E-state index contributed by atoms with van der Waals surface area (Å²) in [5, 5.41) is 0.